The standard InChI is InChI=1S/C17H20N4S.ClH/c18-17-11-15(20-21(17)16-6-2-1-3-7-16)5-4-9-19-12-14-8-10-22-13-14;/h1-3,6-8,10-11,13,19H,4-5,9,12,18H2;1H. The van der Waals surface area contributed by atoms with Gasteiger partial charge in [0.1, 0.15) is 5.82 Å². The van der Waals surface area contributed by atoms with Gasteiger partial charge in [0.2, 0.25) is 0 Å². The number of nitrogens with zero attached hydrogens (tertiary/aromatic N) is 2. The Morgan fingerprint density at radius 1 is 1.17 bits per heavy atom. The van der Waals surface area contributed by atoms with Crippen LogP contribution in [0.25, 0.3) is 5.69 Å². The van der Waals surface area contributed by atoms with Crippen LogP contribution in [0.5, 0.6) is 0 Å². The fraction of sp³-hybridized carbons (Fsp3) is 0.235. The Morgan fingerprint density at radius 3 is 2.74 bits per heavy atom. The molecule has 0 bridgehead atoms. The van der Waals surface area contributed by atoms with Crippen LogP contribution in [0.1, 0.15) is 17.7 Å². The monoisotopic (exact) mass is 348 g/mol. The summed E-state index contributed by atoms with van der Waals surface area (Å²) in [6, 6.07) is 14.1. The van der Waals surface area contributed by atoms with Gasteiger partial charge in [-0.3, -0.25) is 0 Å². The number of rotatable bonds is 7. The number of nitrogens with two attached hydrogens (primary N) is 1. The zero-order valence-electron chi connectivity index (χ0n) is 12.8. The lowest BCUT2D eigenvalue weighted by Crippen LogP contribution is -2.14. The second-order valence-corrected chi connectivity index (χ2v) is 6.00. The molecule has 0 aliphatic heterocycles. The maximum Gasteiger partial charge on any atom is 0.127 e. The molecule has 0 atom stereocenters. The molecule has 3 N–H and O–H groups in total. The van der Waals surface area contributed by atoms with E-state index in [9.17, 15) is 0 Å². The Balaban J connectivity index is 0.00000192. The Morgan fingerprint density at radius 2 is 2.00 bits per heavy atom. The van der Waals surface area contributed by atoms with Crippen molar-refractivity contribution in [2.24, 2.45) is 0 Å². The van der Waals surface area contributed by atoms with Crippen LogP contribution in [0.4, 0.5) is 5.82 Å². The number of aryl methyl sites for hydroxylation is 1. The molecule has 3 aromatic rings. The SMILES string of the molecule is Cl.Nc1cc(CCCNCc2ccsc2)nn1-c1ccccc1. The number of halogens is 1. The van der Waals surface area contributed by atoms with E-state index in [2.05, 4.69) is 27.2 Å². The van der Waals surface area contributed by atoms with Crippen molar-refractivity contribution in [1.82, 2.24) is 15.1 Å². The van der Waals surface area contributed by atoms with E-state index in [1.807, 2.05) is 36.4 Å². The van der Waals surface area contributed by atoms with Crippen LogP contribution >= 0.6 is 23.7 Å². The lowest BCUT2D eigenvalue weighted by molar-refractivity contribution is 0.643. The zero-order valence-corrected chi connectivity index (χ0v) is 14.4. The first-order valence-corrected chi connectivity index (χ1v) is 8.39. The molecule has 0 unspecified atom stereocenters. The van der Waals surface area contributed by atoms with Crippen LogP contribution in [0, 0.1) is 0 Å². The van der Waals surface area contributed by atoms with Crippen molar-refractivity contribution in [2.45, 2.75) is 19.4 Å². The Kier molecular flexibility index (Phi) is 6.65. The first kappa shape index (κ1) is 17.5. The second-order valence-electron chi connectivity index (χ2n) is 5.22. The molecular formula is C17H21ClN4S. The van der Waals surface area contributed by atoms with Crippen LogP contribution in [-0.4, -0.2) is 16.3 Å². The molecule has 0 aliphatic carbocycles. The molecule has 0 saturated carbocycles. The average molecular weight is 349 g/mol. The average Bonchev–Trinajstić information content (AvgIpc) is 3.17. The molecular weight excluding hydrogens is 328 g/mol. The van der Waals surface area contributed by atoms with E-state index in [0.29, 0.717) is 5.82 Å². The summed E-state index contributed by atoms with van der Waals surface area (Å²) < 4.78 is 1.80. The van der Waals surface area contributed by atoms with Gasteiger partial charge in [-0.2, -0.15) is 16.4 Å². The number of benzene rings is 1. The molecule has 3 rings (SSSR count). The highest BCUT2D eigenvalue weighted by Crippen LogP contribution is 2.15. The van der Waals surface area contributed by atoms with Crippen LogP contribution in [-0.2, 0) is 13.0 Å². The predicted molar refractivity (Wildman–Crippen MR) is 99.6 cm³/mol. The summed E-state index contributed by atoms with van der Waals surface area (Å²) in [6.07, 6.45) is 1.98. The summed E-state index contributed by atoms with van der Waals surface area (Å²) >= 11 is 1.74. The van der Waals surface area contributed by atoms with Crippen LogP contribution in [0.15, 0.2) is 53.2 Å². The Bertz CT molecular complexity index is 695. The number of nitrogens with one attached hydrogen (secondary N) is 1. The minimum absolute atomic E-state index is 0. The molecule has 1 aromatic carbocycles. The van der Waals surface area contributed by atoms with Crippen molar-refractivity contribution in [3.05, 3.63) is 64.5 Å². The molecule has 0 spiro atoms. The minimum atomic E-state index is 0. The summed E-state index contributed by atoms with van der Waals surface area (Å²) in [5.74, 6) is 0.687. The predicted octanol–water partition coefficient (Wildman–Crippen LogP) is 3.66. The van der Waals surface area contributed by atoms with E-state index in [-0.39, 0.29) is 12.4 Å². The number of anilines is 1. The summed E-state index contributed by atoms with van der Waals surface area (Å²) in [5.41, 5.74) is 9.45. The molecule has 2 heterocycles. The number of hydrogen-bond acceptors (Lipinski definition) is 4. The van der Waals surface area contributed by atoms with Crippen molar-refractivity contribution in [2.75, 3.05) is 12.3 Å². The number of hydrogen-bond donors (Lipinski definition) is 2. The van der Waals surface area contributed by atoms with E-state index in [1.54, 1.807) is 16.0 Å². The topological polar surface area (TPSA) is 55.9 Å². The highest BCUT2D eigenvalue weighted by molar-refractivity contribution is 7.07. The maximum absolute atomic E-state index is 6.05. The van der Waals surface area contributed by atoms with Gasteiger partial charge in [-0.05, 0) is 53.9 Å². The molecule has 0 amide bonds. The molecule has 6 heteroatoms. The molecule has 0 fully saturated rings. The lowest BCUT2D eigenvalue weighted by Gasteiger charge is -2.03. The normalized spacial score (nSPS) is 10.4. The van der Waals surface area contributed by atoms with E-state index in [4.69, 9.17) is 5.73 Å². The Hall–Kier alpha value is -1.82. The first-order chi connectivity index (χ1) is 10.8. The van der Waals surface area contributed by atoms with Crippen molar-refractivity contribution >= 4 is 29.6 Å². The van der Waals surface area contributed by atoms with Gasteiger partial charge in [0.15, 0.2) is 0 Å². The molecule has 122 valence electrons. The van der Waals surface area contributed by atoms with Crippen molar-refractivity contribution in [3.63, 3.8) is 0 Å². The van der Waals surface area contributed by atoms with E-state index < -0.39 is 0 Å². The van der Waals surface area contributed by atoms with Crippen molar-refractivity contribution in [3.8, 4) is 5.69 Å². The zero-order chi connectivity index (χ0) is 15.2. The third kappa shape index (κ3) is 4.82. The van der Waals surface area contributed by atoms with Gasteiger partial charge in [0, 0.05) is 12.6 Å². The van der Waals surface area contributed by atoms with Crippen LogP contribution in [0.3, 0.4) is 0 Å². The third-order valence-corrected chi connectivity index (χ3v) is 4.22. The van der Waals surface area contributed by atoms with Gasteiger partial charge >= 0.3 is 0 Å². The van der Waals surface area contributed by atoms with E-state index >= 15 is 0 Å². The maximum atomic E-state index is 6.05. The van der Waals surface area contributed by atoms with Crippen LogP contribution in [0.2, 0.25) is 0 Å². The quantitative estimate of drug-likeness (QED) is 0.641. The minimum Gasteiger partial charge on any atom is -0.384 e. The molecule has 0 aliphatic rings. The summed E-state index contributed by atoms with van der Waals surface area (Å²) in [4.78, 5) is 0. The third-order valence-electron chi connectivity index (χ3n) is 3.48. The number of para-hydroxylation sites is 1. The van der Waals surface area contributed by atoms with Gasteiger partial charge in [-0.15, -0.1) is 12.4 Å². The van der Waals surface area contributed by atoms with Gasteiger partial charge < -0.3 is 11.1 Å². The second kappa shape index (κ2) is 8.72. The fourth-order valence-corrected chi connectivity index (χ4v) is 3.03. The highest BCUT2D eigenvalue weighted by atomic mass is 35.5. The van der Waals surface area contributed by atoms with Crippen LogP contribution < -0.4 is 11.1 Å². The summed E-state index contributed by atoms with van der Waals surface area (Å²) in [5, 5.41) is 12.3. The lowest BCUT2D eigenvalue weighted by atomic mass is 10.2. The van der Waals surface area contributed by atoms with E-state index in [0.717, 1.165) is 37.3 Å². The molecule has 23 heavy (non-hydrogen) atoms. The van der Waals surface area contributed by atoms with Gasteiger partial charge in [0.25, 0.3) is 0 Å². The van der Waals surface area contributed by atoms with Crippen molar-refractivity contribution in [1.29, 1.82) is 0 Å². The molecule has 0 radical (unpaired) electrons. The highest BCUT2D eigenvalue weighted by Gasteiger charge is 2.06. The first-order valence-electron chi connectivity index (χ1n) is 7.44. The van der Waals surface area contributed by atoms with Crippen molar-refractivity contribution < 1.29 is 0 Å². The molecule has 2 aromatic heterocycles. The number of thiophene rings is 1. The smallest absolute Gasteiger partial charge is 0.127 e. The van der Waals surface area contributed by atoms with Gasteiger partial charge in [-0.25, -0.2) is 4.68 Å². The van der Waals surface area contributed by atoms with Gasteiger partial charge in [0.05, 0.1) is 11.4 Å². The van der Waals surface area contributed by atoms with Gasteiger partial charge in [-0.1, -0.05) is 18.2 Å². The number of nitrogen functional groups attached to an aromatic ring is 1. The Labute approximate surface area is 146 Å². The molecule has 0 saturated heterocycles. The largest absolute Gasteiger partial charge is 0.384 e. The summed E-state index contributed by atoms with van der Waals surface area (Å²) in [6.45, 7) is 1.91. The fourth-order valence-electron chi connectivity index (χ4n) is 2.37. The van der Waals surface area contributed by atoms with E-state index in [1.165, 1.54) is 5.56 Å². The summed E-state index contributed by atoms with van der Waals surface area (Å²) in [7, 11) is 0. The molecule has 4 nitrogen and oxygen atoms in total. The number of aromatic nitrogens is 2.